The average molecular weight is 383 g/mol. The van der Waals surface area contributed by atoms with Gasteiger partial charge in [-0.3, -0.25) is 9.59 Å². The third-order valence-corrected chi connectivity index (χ3v) is 4.72. The van der Waals surface area contributed by atoms with Gasteiger partial charge in [0.15, 0.2) is 5.69 Å². The van der Waals surface area contributed by atoms with Gasteiger partial charge in [-0.1, -0.05) is 24.3 Å². The molecule has 0 bridgehead atoms. The Morgan fingerprint density at radius 3 is 2.78 bits per heavy atom. The van der Waals surface area contributed by atoms with Crippen molar-refractivity contribution in [1.82, 2.24) is 25.3 Å². The number of nitrogens with zero attached hydrogens (tertiary/aromatic N) is 3. The molecule has 136 valence electrons. The number of nitrogens with one attached hydrogen (secondary N) is 2. The second-order valence-electron chi connectivity index (χ2n) is 5.58. The van der Waals surface area contributed by atoms with Crippen LogP contribution in [-0.4, -0.2) is 32.4 Å². The lowest BCUT2D eigenvalue weighted by Crippen LogP contribution is -2.31. The van der Waals surface area contributed by atoms with Crippen LogP contribution >= 0.6 is 11.3 Å². The van der Waals surface area contributed by atoms with Gasteiger partial charge in [-0.2, -0.15) is 9.78 Å². The molecule has 0 radical (unpaired) electrons. The van der Waals surface area contributed by atoms with Crippen molar-refractivity contribution in [1.29, 1.82) is 0 Å². The van der Waals surface area contributed by atoms with Crippen LogP contribution in [-0.2, 0) is 6.54 Å². The highest BCUT2D eigenvalue weighted by atomic mass is 32.1. The Bertz CT molecular complexity index is 1220. The van der Waals surface area contributed by atoms with Gasteiger partial charge >= 0.3 is 5.76 Å². The summed E-state index contributed by atoms with van der Waals surface area (Å²) in [6.45, 7) is 0.283. The zero-order chi connectivity index (χ0) is 18.8. The number of thiophene rings is 1. The van der Waals surface area contributed by atoms with Crippen LogP contribution in [0.15, 0.2) is 55.8 Å². The molecule has 0 unspecified atom stereocenters. The molecular weight excluding hydrogens is 370 g/mol. The monoisotopic (exact) mass is 383 g/mol. The van der Waals surface area contributed by atoms with E-state index in [9.17, 15) is 14.4 Å². The zero-order valence-corrected chi connectivity index (χ0v) is 14.7. The molecule has 27 heavy (non-hydrogen) atoms. The first-order valence-corrected chi connectivity index (χ1v) is 8.89. The van der Waals surface area contributed by atoms with Gasteiger partial charge in [0.05, 0.1) is 16.8 Å². The van der Waals surface area contributed by atoms with Gasteiger partial charge in [0.2, 0.25) is 0 Å². The Labute approximate surface area is 155 Å². The molecule has 1 aromatic carbocycles. The van der Waals surface area contributed by atoms with E-state index in [1.165, 1.54) is 11.3 Å². The molecular formula is C17H13N5O4S. The molecule has 0 saturated carbocycles. The summed E-state index contributed by atoms with van der Waals surface area (Å²) < 4.78 is 6.26. The lowest BCUT2D eigenvalue weighted by Gasteiger charge is -2.06. The van der Waals surface area contributed by atoms with E-state index >= 15 is 0 Å². The van der Waals surface area contributed by atoms with Crippen LogP contribution in [0.5, 0.6) is 0 Å². The maximum absolute atomic E-state index is 12.4. The molecule has 4 aromatic rings. The normalized spacial score (nSPS) is 11.0. The van der Waals surface area contributed by atoms with Crippen molar-refractivity contribution in [2.45, 2.75) is 6.54 Å². The van der Waals surface area contributed by atoms with Crippen molar-refractivity contribution in [2.24, 2.45) is 0 Å². The minimum absolute atomic E-state index is 0.108. The van der Waals surface area contributed by atoms with Crippen LogP contribution in [0.1, 0.15) is 10.5 Å². The van der Waals surface area contributed by atoms with Gasteiger partial charge in [-0.25, -0.2) is 9.89 Å². The highest BCUT2D eigenvalue weighted by Gasteiger charge is 2.15. The smallest absolute Gasteiger partial charge is 0.387 e. The number of rotatable bonds is 5. The Morgan fingerprint density at radius 2 is 2.00 bits per heavy atom. The molecule has 3 aromatic heterocycles. The van der Waals surface area contributed by atoms with Crippen LogP contribution in [0.3, 0.4) is 0 Å². The lowest BCUT2D eigenvalue weighted by atomic mass is 10.1. The number of amides is 1. The molecule has 4 rings (SSSR count). The molecule has 2 N–H and O–H groups in total. The van der Waals surface area contributed by atoms with Crippen LogP contribution in [0.2, 0.25) is 0 Å². The first kappa shape index (κ1) is 16.9. The molecule has 0 aliphatic heterocycles. The number of aromatic nitrogens is 4. The Balaban J connectivity index is 1.47. The van der Waals surface area contributed by atoms with Crippen LogP contribution in [0.4, 0.5) is 0 Å². The molecule has 0 saturated heterocycles. The highest BCUT2D eigenvalue weighted by Crippen LogP contribution is 2.20. The van der Waals surface area contributed by atoms with Gasteiger partial charge < -0.3 is 9.73 Å². The first-order valence-electron chi connectivity index (χ1n) is 8.01. The molecule has 1 amide bonds. The van der Waals surface area contributed by atoms with Crippen molar-refractivity contribution in [2.75, 3.05) is 6.54 Å². The summed E-state index contributed by atoms with van der Waals surface area (Å²) in [4.78, 5) is 36.8. The number of carbonyl (C=O) groups excluding carboxylic acids is 1. The summed E-state index contributed by atoms with van der Waals surface area (Å²) in [5, 5.41) is 15.6. The molecule has 3 heterocycles. The second-order valence-corrected chi connectivity index (χ2v) is 6.52. The maximum Gasteiger partial charge on any atom is 0.437 e. The molecule has 9 nitrogen and oxygen atoms in total. The number of aromatic amines is 1. The lowest BCUT2D eigenvalue weighted by molar-refractivity contribution is 0.0947. The van der Waals surface area contributed by atoms with Crippen molar-refractivity contribution in [3.63, 3.8) is 0 Å². The Kier molecular flexibility index (Phi) is 4.38. The SMILES string of the molecule is O=C(NCCn1nc(-c2cccs2)oc1=O)c1n[nH]c(=O)c2ccccc12. The van der Waals surface area contributed by atoms with E-state index in [0.717, 1.165) is 9.56 Å². The largest absolute Gasteiger partial charge is 0.437 e. The number of carbonyl (C=O) groups is 1. The molecule has 0 fully saturated rings. The predicted octanol–water partition coefficient (Wildman–Crippen LogP) is 1.23. The third-order valence-electron chi connectivity index (χ3n) is 3.86. The van der Waals surface area contributed by atoms with Crippen molar-refractivity contribution in [3.05, 3.63) is 68.4 Å². The minimum atomic E-state index is -0.597. The summed E-state index contributed by atoms with van der Waals surface area (Å²) in [7, 11) is 0. The van der Waals surface area contributed by atoms with Gasteiger partial charge in [0, 0.05) is 11.9 Å². The van der Waals surface area contributed by atoms with Gasteiger partial charge in [0.1, 0.15) is 0 Å². The maximum atomic E-state index is 12.4. The molecule has 0 aliphatic rings. The van der Waals surface area contributed by atoms with Crippen LogP contribution in [0, 0.1) is 0 Å². The van der Waals surface area contributed by atoms with E-state index < -0.39 is 11.7 Å². The number of H-pyrrole nitrogens is 1. The number of hydrogen-bond donors (Lipinski definition) is 2. The van der Waals surface area contributed by atoms with Crippen molar-refractivity contribution in [3.8, 4) is 10.8 Å². The van der Waals surface area contributed by atoms with E-state index in [-0.39, 0.29) is 30.2 Å². The standard InChI is InChI=1S/C17H13N5O4S/c23-14-11-5-2-1-4-10(11)13(19-20-14)15(24)18-7-8-22-17(25)26-16(21-22)12-6-3-9-27-12/h1-6,9H,7-8H2,(H,18,24)(H,20,23). The zero-order valence-electron chi connectivity index (χ0n) is 13.8. The van der Waals surface area contributed by atoms with Gasteiger partial charge in [-0.15, -0.1) is 16.4 Å². The summed E-state index contributed by atoms with van der Waals surface area (Å²) in [6.07, 6.45) is 0. The summed E-state index contributed by atoms with van der Waals surface area (Å²) in [5.41, 5.74) is -0.255. The summed E-state index contributed by atoms with van der Waals surface area (Å²) in [6, 6.07) is 10.3. The third kappa shape index (κ3) is 3.29. The van der Waals surface area contributed by atoms with Crippen molar-refractivity contribution >= 4 is 28.0 Å². The molecule has 10 heteroatoms. The fourth-order valence-corrected chi connectivity index (χ4v) is 3.24. The fourth-order valence-electron chi connectivity index (χ4n) is 2.59. The van der Waals surface area contributed by atoms with Gasteiger partial charge in [0.25, 0.3) is 17.4 Å². The Hall–Kier alpha value is -3.53. The van der Waals surface area contributed by atoms with E-state index in [4.69, 9.17) is 4.42 Å². The summed E-state index contributed by atoms with van der Waals surface area (Å²) in [5.74, 6) is -0.813. The predicted molar refractivity (Wildman–Crippen MR) is 98.8 cm³/mol. The average Bonchev–Trinajstić information content (AvgIpc) is 3.32. The van der Waals surface area contributed by atoms with Crippen LogP contribution < -0.4 is 16.6 Å². The fraction of sp³-hybridized carbons (Fsp3) is 0.118. The molecule has 0 atom stereocenters. The van der Waals surface area contributed by atoms with Crippen molar-refractivity contribution < 1.29 is 9.21 Å². The Morgan fingerprint density at radius 1 is 1.19 bits per heavy atom. The quantitative estimate of drug-likeness (QED) is 0.534. The topological polar surface area (TPSA) is 123 Å². The highest BCUT2D eigenvalue weighted by molar-refractivity contribution is 7.13. The molecule has 0 spiro atoms. The van der Waals surface area contributed by atoms with E-state index in [1.807, 2.05) is 11.4 Å². The number of benzene rings is 1. The van der Waals surface area contributed by atoms with E-state index in [1.54, 1.807) is 30.3 Å². The van der Waals surface area contributed by atoms with E-state index in [2.05, 4.69) is 20.6 Å². The van der Waals surface area contributed by atoms with E-state index in [0.29, 0.717) is 10.8 Å². The summed E-state index contributed by atoms with van der Waals surface area (Å²) >= 11 is 1.41. The number of hydrogen-bond acceptors (Lipinski definition) is 7. The first-order chi connectivity index (χ1) is 13.1. The molecule has 0 aliphatic carbocycles. The van der Waals surface area contributed by atoms with Crippen LogP contribution in [0.25, 0.3) is 21.5 Å². The minimum Gasteiger partial charge on any atom is -0.387 e. The second kappa shape index (κ2) is 7.00. The van der Waals surface area contributed by atoms with Gasteiger partial charge in [-0.05, 0) is 17.5 Å². The number of fused-ring (bicyclic) bond motifs is 1.